The van der Waals surface area contributed by atoms with Gasteiger partial charge in [0.25, 0.3) is 0 Å². The second-order valence-electron chi connectivity index (χ2n) is 5.04. The number of hydrogen-bond acceptors (Lipinski definition) is 3. The first-order chi connectivity index (χ1) is 9.81. The molecular weight excluding hydrogens is 274 g/mol. The number of rotatable bonds is 5. The molecule has 1 unspecified atom stereocenters. The lowest BCUT2D eigenvalue weighted by molar-refractivity contribution is 0.109. The lowest BCUT2D eigenvalue weighted by atomic mass is 10.2. The highest BCUT2D eigenvalue weighted by molar-refractivity contribution is 6.30. The Hall–Kier alpha value is -1.29. The average molecular weight is 292 g/mol. The highest BCUT2D eigenvalue weighted by atomic mass is 35.5. The molecular formula is C16H18ClNO2. The Morgan fingerprint density at radius 1 is 1.25 bits per heavy atom. The molecule has 1 N–H and O–H groups in total. The van der Waals surface area contributed by atoms with Crippen molar-refractivity contribution in [3.8, 4) is 11.3 Å². The molecule has 3 nitrogen and oxygen atoms in total. The summed E-state index contributed by atoms with van der Waals surface area (Å²) in [5.74, 6) is 1.78. The molecule has 0 spiro atoms. The Morgan fingerprint density at radius 2 is 2.20 bits per heavy atom. The smallest absolute Gasteiger partial charge is 0.134 e. The molecule has 0 amide bonds. The van der Waals surface area contributed by atoms with Crippen molar-refractivity contribution in [3.63, 3.8) is 0 Å². The zero-order valence-corrected chi connectivity index (χ0v) is 12.0. The summed E-state index contributed by atoms with van der Waals surface area (Å²) in [6.07, 6.45) is 2.68. The van der Waals surface area contributed by atoms with Crippen LogP contribution in [0.3, 0.4) is 0 Å². The zero-order chi connectivity index (χ0) is 13.8. The monoisotopic (exact) mass is 291 g/mol. The van der Waals surface area contributed by atoms with Crippen molar-refractivity contribution in [2.75, 3.05) is 13.2 Å². The quantitative estimate of drug-likeness (QED) is 0.908. The van der Waals surface area contributed by atoms with Crippen LogP contribution in [-0.4, -0.2) is 19.3 Å². The van der Waals surface area contributed by atoms with Crippen LogP contribution < -0.4 is 5.32 Å². The number of nitrogens with one attached hydrogen (secondary N) is 1. The predicted molar refractivity (Wildman–Crippen MR) is 79.8 cm³/mol. The molecule has 1 aromatic carbocycles. The molecule has 1 aliphatic heterocycles. The third kappa shape index (κ3) is 3.42. The van der Waals surface area contributed by atoms with E-state index in [2.05, 4.69) is 5.32 Å². The second kappa shape index (κ2) is 6.44. The highest BCUT2D eigenvalue weighted by Crippen LogP contribution is 2.24. The maximum Gasteiger partial charge on any atom is 0.134 e. The van der Waals surface area contributed by atoms with Crippen molar-refractivity contribution in [1.82, 2.24) is 5.32 Å². The number of hydrogen-bond donors (Lipinski definition) is 1. The second-order valence-corrected chi connectivity index (χ2v) is 5.48. The molecule has 20 heavy (non-hydrogen) atoms. The van der Waals surface area contributed by atoms with E-state index in [1.165, 1.54) is 6.42 Å². The zero-order valence-electron chi connectivity index (χ0n) is 11.3. The molecule has 0 aliphatic carbocycles. The van der Waals surface area contributed by atoms with Gasteiger partial charge in [-0.25, -0.2) is 0 Å². The summed E-state index contributed by atoms with van der Waals surface area (Å²) in [5, 5.41) is 4.09. The molecule has 0 radical (unpaired) electrons. The number of ether oxygens (including phenoxy) is 1. The first kappa shape index (κ1) is 13.7. The number of halogens is 1. The lowest BCUT2D eigenvalue weighted by Crippen LogP contribution is -2.25. The highest BCUT2D eigenvalue weighted by Gasteiger charge is 2.14. The molecule has 2 aromatic rings. The molecule has 1 atom stereocenters. The first-order valence-electron chi connectivity index (χ1n) is 6.98. The molecule has 1 saturated heterocycles. The van der Waals surface area contributed by atoms with Crippen LogP contribution in [0.4, 0.5) is 0 Å². The van der Waals surface area contributed by atoms with Crippen molar-refractivity contribution in [1.29, 1.82) is 0 Å². The van der Waals surface area contributed by atoms with Gasteiger partial charge in [0.1, 0.15) is 11.5 Å². The van der Waals surface area contributed by atoms with Crippen molar-refractivity contribution in [3.05, 3.63) is 47.2 Å². The fourth-order valence-corrected chi connectivity index (χ4v) is 2.62. The Kier molecular flexibility index (Phi) is 4.41. The summed E-state index contributed by atoms with van der Waals surface area (Å²) >= 11 is 5.99. The molecule has 1 aromatic heterocycles. The minimum Gasteiger partial charge on any atom is -0.460 e. The molecule has 1 fully saturated rings. The largest absolute Gasteiger partial charge is 0.460 e. The van der Waals surface area contributed by atoms with Gasteiger partial charge in [0.2, 0.25) is 0 Å². The first-order valence-corrected chi connectivity index (χ1v) is 7.36. The van der Waals surface area contributed by atoms with Crippen molar-refractivity contribution in [2.45, 2.75) is 25.5 Å². The van der Waals surface area contributed by atoms with Crippen molar-refractivity contribution >= 4 is 11.6 Å². The predicted octanol–water partition coefficient (Wildman–Crippen LogP) is 3.87. The maximum absolute atomic E-state index is 5.99. The van der Waals surface area contributed by atoms with Crippen LogP contribution in [0.15, 0.2) is 40.8 Å². The van der Waals surface area contributed by atoms with Crippen LogP contribution in [0.2, 0.25) is 5.02 Å². The maximum atomic E-state index is 5.99. The van der Waals surface area contributed by atoms with Gasteiger partial charge in [0.15, 0.2) is 0 Å². The van der Waals surface area contributed by atoms with E-state index in [1.54, 1.807) is 0 Å². The van der Waals surface area contributed by atoms with E-state index in [0.717, 1.165) is 48.2 Å². The Morgan fingerprint density at radius 3 is 3.00 bits per heavy atom. The molecule has 4 heteroatoms. The summed E-state index contributed by atoms with van der Waals surface area (Å²) in [4.78, 5) is 0. The summed E-state index contributed by atoms with van der Waals surface area (Å²) in [6, 6.07) is 11.7. The van der Waals surface area contributed by atoms with Gasteiger partial charge in [-0.15, -0.1) is 0 Å². The van der Waals surface area contributed by atoms with Gasteiger partial charge in [0, 0.05) is 23.7 Å². The Labute approximate surface area is 123 Å². The normalized spacial score (nSPS) is 18.6. The van der Waals surface area contributed by atoms with Crippen LogP contribution >= 0.6 is 11.6 Å². The molecule has 106 valence electrons. The van der Waals surface area contributed by atoms with E-state index < -0.39 is 0 Å². The van der Waals surface area contributed by atoms with Crippen molar-refractivity contribution < 1.29 is 9.15 Å². The van der Waals surface area contributed by atoms with E-state index in [0.29, 0.717) is 6.10 Å². The number of benzene rings is 1. The summed E-state index contributed by atoms with van der Waals surface area (Å²) in [5.41, 5.74) is 1.00. The minimum atomic E-state index is 0.359. The fourth-order valence-electron chi connectivity index (χ4n) is 2.43. The topological polar surface area (TPSA) is 34.4 Å². The van der Waals surface area contributed by atoms with Gasteiger partial charge in [-0.1, -0.05) is 23.7 Å². The van der Waals surface area contributed by atoms with Crippen molar-refractivity contribution in [2.24, 2.45) is 0 Å². The fraction of sp³-hybridized carbons (Fsp3) is 0.375. The molecule has 0 bridgehead atoms. The van der Waals surface area contributed by atoms with Crippen LogP contribution in [0.25, 0.3) is 11.3 Å². The average Bonchev–Trinajstić information content (AvgIpc) is 3.10. The van der Waals surface area contributed by atoms with Crippen LogP contribution in [0.1, 0.15) is 18.6 Å². The van der Waals surface area contributed by atoms with E-state index >= 15 is 0 Å². The van der Waals surface area contributed by atoms with Crippen LogP contribution in [-0.2, 0) is 11.3 Å². The van der Waals surface area contributed by atoms with Gasteiger partial charge in [-0.2, -0.15) is 0 Å². The van der Waals surface area contributed by atoms with E-state index in [-0.39, 0.29) is 0 Å². The van der Waals surface area contributed by atoms with E-state index in [1.807, 2.05) is 36.4 Å². The molecule has 2 heterocycles. The van der Waals surface area contributed by atoms with E-state index in [4.69, 9.17) is 20.8 Å². The summed E-state index contributed by atoms with van der Waals surface area (Å²) in [6.45, 7) is 2.50. The Balaban J connectivity index is 1.56. The molecule has 3 rings (SSSR count). The van der Waals surface area contributed by atoms with Gasteiger partial charge in [-0.05, 0) is 37.1 Å². The molecule has 1 aliphatic rings. The SMILES string of the molecule is Clc1cccc(-c2ccc(CNCC3CCCO3)o2)c1. The standard InChI is InChI=1S/C16H18ClNO2/c17-13-4-1-3-12(9-13)16-7-6-15(20-16)11-18-10-14-5-2-8-19-14/h1,3-4,6-7,9,14,18H,2,5,8,10-11H2. The summed E-state index contributed by atoms with van der Waals surface area (Å²) in [7, 11) is 0. The summed E-state index contributed by atoms with van der Waals surface area (Å²) < 4.78 is 11.4. The van der Waals surface area contributed by atoms with Gasteiger partial charge in [-0.3, -0.25) is 0 Å². The van der Waals surface area contributed by atoms with Gasteiger partial charge >= 0.3 is 0 Å². The molecule has 0 saturated carbocycles. The third-order valence-corrected chi connectivity index (χ3v) is 3.70. The van der Waals surface area contributed by atoms with E-state index in [9.17, 15) is 0 Å². The van der Waals surface area contributed by atoms with Gasteiger partial charge < -0.3 is 14.5 Å². The lowest BCUT2D eigenvalue weighted by Gasteiger charge is -2.09. The number of furan rings is 1. The minimum absolute atomic E-state index is 0.359. The van der Waals surface area contributed by atoms with Crippen LogP contribution in [0.5, 0.6) is 0 Å². The van der Waals surface area contributed by atoms with Gasteiger partial charge in [0.05, 0.1) is 12.6 Å². The Bertz CT molecular complexity index is 561. The third-order valence-electron chi connectivity index (χ3n) is 3.47. The van der Waals surface area contributed by atoms with Crippen LogP contribution in [0, 0.1) is 0 Å².